The molecule has 2 rings (SSSR count). The molecule has 0 aliphatic rings. The lowest BCUT2D eigenvalue weighted by atomic mass is 10.1. The van der Waals surface area contributed by atoms with Gasteiger partial charge in [0.05, 0.1) is 20.3 Å². The Labute approximate surface area is 128 Å². The number of aromatic nitrogens is 1. The highest BCUT2D eigenvalue weighted by atomic mass is 16.5. The molecule has 0 bridgehead atoms. The molecule has 0 radical (unpaired) electrons. The molecule has 22 heavy (non-hydrogen) atoms. The van der Waals surface area contributed by atoms with E-state index in [1.54, 1.807) is 6.92 Å². The molecular formula is C16H20N2O4. The van der Waals surface area contributed by atoms with Crippen molar-refractivity contribution in [1.82, 2.24) is 10.3 Å². The Morgan fingerprint density at radius 1 is 1.32 bits per heavy atom. The number of benzene rings is 1. The molecule has 0 spiro atoms. The number of esters is 2. The van der Waals surface area contributed by atoms with E-state index in [9.17, 15) is 9.59 Å². The second kappa shape index (κ2) is 7.61. The van der Waals surface area contributed by atoms with Crippen molar-refractivity contribution < 1.29 is 19.1 Å². The molecule has 0 amide bonds. The molecule has 118 valence electrons. The summed E-state index contributed by atoms with van der Waals surface area (Å²) in [5.41, 5.74) is 1.99. The second-order valence-corrected chi connectivity index (χ2v) is 4.83. The maximum atomic E-state index is 11.9. The van der Waals surface area contributed by atoms with Crippen LogP contribution in [0.5, 0.6) is 0 Å². The van der Waals surface area contributed by atoms with Gasteiger partial charge < -0.3 is 14.5 Å². The summed E-state index contributed by atoms with van der Waals surface area (Å²) in [5.74, 6) is -0.801. The quantitative estimate of drug-likeness (QED) is 0.756. The predicted octanol–water partition coefficient (Wildman–Crippen LogP) is 1.40. The molecule has 2 aromatic rings. The highest BCUT2D eigenvalue weighted by molar-refractivity contribution is 5.84. The van der Waals surface area contributed by atoms with Crippen molar-refractivity contribution in [3.05, 3.63) is 36.0 Å². The monoisotopic (exact) mass is 304 g/mol. The standard InChI is InChI=1S/C16H20N2O4/c1-3-22-15(19)10-18-14(16(20)21-2)8-11-9-17-13-7-5-4-6-12(11)13/h4-7,9,14,17-18H,3,8,10H2,1-2H3. The number of methoxy groups -OCH3 is 1. The average Bonchev–Trinajstić information content (AvgIpc) is 2.94. The van der Waals surface area contributed by atoms with Gasteiger partial charge in [-0.2, -0.15) is 0 Å². The Morgan fingerprint density at radius 3 is 2.82 bits per heavy atom. The summed E-state index contributed by atoms with van der Waals surface area (Å²) < 4.78 is 9.65. The highest BCUT2D eigenvalue weighted by Crippen LogP contribution is 2.19. The number of rotatable bonds is 7. The molecule has 0 aliphatic carbocycles. The van der Waals surface area contributed by atoms with Gasteiger partial charge in [-0.15, -0.1) is 0 Å². The van der Waals surface area contributed by atoms with Crippen LogP contribution >= 0.6 is 0 Å². The zero-order chi connectivity index (χ0) is 15.9. The fourth-order valence-corrected chi connectivity index (χ4v) is 2.32. The molecule has 6 nitrogen and oxygen atoms in total. The molecule has 1 atom stereocenters. The Balaban J connectivity index is 2.09. The van der Waals surface area contributed by atoms with E-state index < -0.39 is 18.0 Å². The molecular weight excluding hydrogens is 284 g/mol. The van der Waals surface area contributed by atoms with Gasteiger partial charge in [-0.3, -0.25) is 14.9 Å². The van der Waals surface area contributed by atoms with E-state index in [1.807, 2.05) is 30.5 Å². The van der Waals surface area contributed by atoms with Crippen molar-refractivity contribution >= 4 is 22.8 Å². The summed E-state index contributed by atoms with van der Waals surface area (Å²) in [5, 5.41) is 3.95. The number of aromatic amines is 1. The summed E-state index contributed by atoms with van der Waals surface area (Å²) in [4.78, 5) is 26.5. The zero-order valence-corrected chi connectivity index (χ0v) is 12.7. The van der Waals surface area contributed by atoms with Crippen LogP contribution in [0.1, 0.15) is 12.5 Å². The summed E-state index contributed by atoms with van der Waals surface area (Å²) in [6.07, 6.45) is 2.29. The first-order valence-electron chi connectivity index (χ1n) is 7.17. The summed E-state index contributed by atoms with van der Waals surface area (Å²) in [6.45, 7) is 2.02. The maximum absolute atomic E-state index is 11.9. The number of nitrogens with one attached hydrogen (secondary N) is 2. The molecule has 0 aliphatic heterocycles. The molecule has 1 heterocycles. The third-order valence-corrected chi connectivity index (χ3v) is 3.38. The summed E-state index contributed by atoms with van der Waals surface area (Å²) >= 11 is 0. The number of hydrogen-bond acceptors (Lipinski definition) is 5. The third kappa shape index (κ3) is 3.85. The van der Waals surface area contributed by atoms with Crippen molar-refractivity contribution in [2.75, 3.05) is 20.3 Å². The summed E-state index contributed by atoms with van der Waals surface area (Å²) in [7, 11) is 1.33. The van der Waals surface area contributed by atoms with Crippen molar-refractivity contribution in [1.29, 1.82) is 0 Å². The van der Waals surface area contributed by atoms with Gasteiger partial charge in [0.2, 0.25) is 0 Å². The summed E-state index contributed by atoms with van der Waals surface area (Å²) in [6, 6.07) is 7.24. The molecule has 6 heteroatoms. The fourth-order valence-electron chi connectivity index (χ4n) is 2.32. The maximum Gasteiger partial charge on any atom is 0.323 e. The number of ether oxygens (including phenoxy) is 2. The predicted molar refractivity (Wildman–Crippen MR) is 82.4 cm³/mol. The average molecular weight is 304 g/mol. The van der Waals surface area contributed by atoms with E-state index in [4.69, 9.17) is 9.47 Å². The van der Waals surface area contributed by atoms with Gasteiger partial charge in [-0.1, -0.05) is 18.2 Å². The van der Waals surface area contributed by atoms with Gasteiger partial charge in [0, 0.05) is 23.5 Å². The van der Waals surface area contributed by atoms with Crippen LogP contribution < -0.4 is 5.32 Å². The van der Waals surface area contributed by atoms with E-state index in [0.717, 1.165) is 16.5 Å². The lowest BCUT2D eigenvalue weighted by Crippen LogP contribution is -2.42. The van der Waals surface area contributed by atoms with Gasteiger partial charge >= 0.3 is 11.9 Å². The van der Waals surface area contributed by atoms with Gasteiger partial charge in [-0.25, -0.2) is 0 Å². The van der Waals surface area contributed by atoms with Crippen LogP contribution in [-0.4, -0.2) is 43.2 Å². The number of carbonyl (C=O) groups is 2. The zero-order valence-electron chi connectivity index (χ0n) is 12.7. The lowest BCUT2D eigenvalue weighted by molar-refractivity contribution is -0.144. The first-order valence-corrected chi connectivity index (χ1v) is 7.17. The van der Waals surface area contributed by atoms with Crippen molar-refractivity contribution in [3.8, 4) is 0 Å². The molecule has 2 N–H and O–H groups in total. The van der Waals surface area contributed by atoms with Gasteiger partial charge in [0.15, 0.2) is 0 Å². The number of hydrogen-bond donors (Lipinski definition) is 2. The first kappa shape index (κ1) is 16.0. The Kier molecular flexibility index (Phi) is 5.55. The largest absolute Gasteiger partial charge is 0.468 e. The van der Waals surface area contributed by atoms with E-state index in [0.29, 0.717) is 13.0 Å². The number of para-hydroxylation sites is 1. The topological polar surface area (TPSA) is 80.4 Å². The third-order valence-electron chi connectivity index (χ3n) is 3.38. The van der Waals surface area contributed by atoms with Crippen LogP contribution in [0.3, 0.4) is 0 Å². The normalized spacial score (nSPS) is 12.1. The smallest absolute Gasteiger partial charge is 0.323 e. The van der Waals surface area contributed by atoms with Gasteiger partial charge in [0.25, 0.3) is 0 Å². The molecule has 1 aromatic heterocycles. The minimum Gasteiger partial charge on any atom is -0.468 e. The highest BCUT2D eigenvalue weighted by Gasteiger charge is 2.21. The Morgan fingerprint density at radius 2 is 2.09 bits per heavy atom. The van der Waals surface area contributed by atoms with Crippen LogP contribution in [-0.2, 0) is 25.5 Å². The Hall–Kier alpha value is -2.34. The van der Waals surface area contributed by atoms with Crippen molar-refractivity contribution in [2.24, 2.45) is 0 Å². The van der Waals surface area contributed by atoms with E-state index in [2.05, 4.69) is 10.3 Å². The van der Waals surface area contributed by atoms with E-state index >= 15 is 0 Å². The SMILES string of the molecule is CCOC(=O)CNC(Cc1c[nH]c2ccccc12)C(=O)OC. The lowest BCUT2D eigenvalue weighted by Gasteiger charge is -2.15. The first-order chi connectivity index (χ1) is 10.7. The van der Waals surface area contributed by atoms with Gasteiger partial charge in [0.1, 0.15) is 6.04 Å². The van der Waals surface area contributed by atoms with Crippen LogP contribution in [0.2, 0.25) is 0 Å². The second-order valence-electron chi connectivity index (χ2n) is 4.83. The number of fused-ring (bicyclic) bond motifs is 1. The molecule has 1 aromatic carbocycles. The van der Waals surface area contributed by atoms with Crippen LogP contribution in [0, 0.1) is 0 Å². The molecule has 0 fully saturated rings. The van der Waals surface area contributed by atoms with Crippen molar-refractivity contribution in [3.63, 3.8) is 0 Å². The number of carbonyl (C=O) groups excluding carboxylic acids is 2. The van der Waals surface area contributed by atoms with E-state index in [-0.39, 0.29) is 6.54 Å². The molecule has 0 saturated heterocycles. The fraction of sp³-hybridized carbons (Fsp3) is 0.375. The number of H-pyrrole nitrogens is 1. The molecule has 0 saturated carbocycles. The van der Waals surface area contributed by atoms with Crippen LogP contribution in [0.15, 0.2) is 30.5 Å². The van der Waals surface area contributed by atoms with Gasteiger partial charge in [-0.05, 0) is 18.6 Å². The Bertz CT molecular complexity index is 650. The van der Waals surface area contributed by atoms with E-state index in [1.165, 1.54) is 7.11 Å². The van der Waals surface area contributed by atoms with Crippen LogP contribution in [0.25, 0.3) is 10.9 Å². The minimum absolute atomic E-state index is 0.0318. The molecule has 1 unspecified atom stereocenters. The minimum atomic E-state index is -0.603. The van der Waals surface area contributed by atoms with Crippen LogP contribution in [0.4, 0.5) is 0 Å². The van der Waals surface area contributed by atoms with Crippen molar-refractivity contribution in [2.45, 2.75) is 19.4 Å².